The first-order chi connectivity index (χ1) is 7.43. The van der Waals surface area contributed by atoms with Crippen molar-refractivity contribution in [1.29, 1.82) is 0 Å². The number of rotatable bonds is 3. The Bertz CT molecular complexity index is 437. The quantitative estimate of drug-likeness (QED) is 0.527. The normalized spacial score (nSPS) is 9.50. The molecule has 1 rings (SSSR count). The van der Waals surface area contributed by atoms with E-state index in [2.05, 4.69) is 0 Å². The first-order valence-corrected chi connectivity index (χ1v) is 3.94. The van der Waals surface area contributed by atoms with E-state index < -0.39 is 33.9 Å². The van der Waals surface area contributed by atoms with Crippen molar-refractivity contribution in [1.82, 2.24) is 0 Å². The van der Waals surface area contributed by atoms with Crippen LogP contribution in [0.2, 0.25) is 0 Å². The Morgan fingerprint density at radius 3 is 2.38 bits per heavy atom. The van der Waals surface area contributed by atoms with E-state index >= 15 is 0 Å². The molecule has 0 saturated heterocycles. The summed E-state index contributed by atoms with van der Waals surface area (Å²) in [5.41, 5.74) is -1.63. The molecule has 0 fully saturated rings. The molecule has 0 heterocycles. The number of nitrogens with one attached hydrogen (secondary N) is 1. The first-order valence-electron chi connectivity index (χ1n) is 3.94. The molecule has 1 aromatic carbocycles. The predicted molar refractivity (Wildman–Crippen MR) is 51.7 cm³/mol. The van der Waals surface area contributed by atoms with Gasteiger partial charge in [0.15, 0.2) is 0 Å². The lowest BCUT2D eigenvalue weighted by Crippen LogP contribution is -2.13. The number of nitrogens with zero attached hydrogens (tertiary/aromatic N) is 1. The summed E-state index contributed by atoms with van der Waals surface area (Å²) in [6.45, 7) is 0. The van der Waals surface area contributed by atoms with Gasteiger partial charge in [0.05, 0.1) is 10.5 Å². The summed E-state index contributed by atoms with van der Waals surface area (Å²) in [6.07, 6.45) is -1.57. The molecule has 0 aromatic heterocycles. The number of hydrogen-bond acceptors (Lipinski definition) is 4. The van der Waals surface area contributed by atoms with Crippen LogP contribution >= 0.6 is 0 Å². The molecule has 0 atom stereocenters. The molecule has 0 aliphatic rings. The van der Waals surface area contributed by atoms with Gasteiger partial charge in [-0.15, -0.1) is 0 Å². The molecule has 1 aromatic rings. The van der Waals surface area contributed by atoms with Gasteiger partial charge in [-0.3, -0.25) is 15.4 Å². The Labute approximate surface area is 88.3 Å². The van der Waals surface area contributed by atoms with Crippen molar-refractivity contribution in [2.75, 3.05) is 5.32 Å². The van der Waals surface area contributed by atoms with E-state index in [-0.39, 0.29) is 0 Å². The maximum atomic E-state index is 10.7. The number of nitro benzene ring substituents is 1. The highest BCUT2D eigenvalue weighted by Gasteiger charge is 2.22. The standard InChI is InChI=1S/C8H6N2O6/c11-7(12)4-2-1-3-5(10(15)16)6(4)9-8(13)14/h1-3,9H,(H,11,12)(H,13,14). The van der Waals surface area contributed by atoms with Crippen molar-refractivity contribution in [3.63, 3.8) is 0 Å². The fraction of sp³-hybridized carbons (Fsp3) is 0. The smallest absolute Gasteiger partial charge is 0.409 e. The molecule has 0 saturated carbocycles. The number of amides is 1. The number of anilines is 1. The van der Waals surface area contributed by atoms with Crippen molar-refractivity contribution < 1.29 is 24.7 Å². The summed E-state index contributed by atoms with van der Waals surface area (Å²) in [4.78, 5) is 30.8. The van der Waals surface area contributed by atoms with E-state index in [0.29, 0.717) is 0 Å². The van der Waals surface area contributed by atoms with Gasteiger partial charge in [0, 0.05) is 6.07 Å². The van der Waals surface area contributed by atoms with Crippen LogP contribution in [0.4, 0.5) is 16.2 Å². The Hall–Kier alpha value is -2.64. The number of carbonyl (C=O) groups is 2. The van der Waals surface area contributed by atoms with Crippen LogP contribution in [0, 0.1) is 10.1 Å². The third-order valence-corrected chi connectivity index (χ3v) is 1.70. The van der Waals surface area contributed by atoms with Gasteiger partial charge in [-0.1, -0.05) is 6.07 Å². The summed E-state index contributed by atoms with van der Waals surface area (Å²) in [5, 5.41) is 29.4. The highest BCUT2D eigenvalue weighted by Crippen LogP contribution is 2.28. The van der Waals surface area contributed by atoms with Crippen LogP contribution in [0.25, 0.3) is 0 Å². The molecule has 0 spiro atoms. The number of para-hydroxylation sites is 1. The van der Waals surface area contributed by atoms with Crippen molar-refractivity contribution in [2.45, 2.75) is 0 Å². The van der Waals surface area contributed by atoms with Gasteiger partial charge < -0.3 is 10.2 Å². The lowest BCUT2D eigenvalue weighted by molar-refractivity contribution is -0.383. The summed E-state index contributed by atoms with van der Waals surface area (Å²) in [7, 11) is 0. The molecule has 0 unspecified atom stereocenters. The summed E-state index contributed by atoms with van der Waals surface area (Å²) < 4.78 is 0. The minimum Gasteiger partial charge on any atom is -0.478 e. The third-order valence-electron chi connectivity index (χ3n) is 1.70. The average molecular weight is 226 g/mol. The molecule has 16 heavy (non-hydrogen) atoms. The minimum absolute atomic E-state index is 0.475. The van der Waals surface area contributed by atoms with E-state index in [9.17, 15) is 19.7 Å². The summed E-state index contributed by atoms with van der Waals surface area (Å²) in [6, 6.07) is 3.24. The van der Waals surface area contributed by atoms with Gasteiger partial charge in [0.2, 0.25) is 0 Å². The van der Waals surface area contributed by atoms with Crippen LogP contribution in [0.15, 0.2) is 18.2 Å². The average Bonchev–Trinajstić information content (AvgIpc) is 2.16. The highest BCUT2D eigenvalue weighted by molar-refractivity contribution is 6.01. The van der Waals surface area contributed by atoms with Crippen LogP contribution in [0.1, 0.15) is 10.4 Å². The van der Waals surface area contributed by atoms with Crippen LogP contribution in [-0.4, -0.2) is 27.2 Å². The molecule has 0 aliphatic heterocycles. The number of carboxylic acid groups (broad SMARTS) is 2. The third kappa shape index (κ3) is 2.23. The second kappa shape index (κ2) is 4.26. The van der Waals surface area contributed by atoms with Crippen LogP contribution in [0.5, 0.6) is 0 Å². The zero-order valence-electron chi connectivity index (χ0n) is 7.71. The number of aromatic carboxylic acids is 1. The predicted octanol–water partition coefficient (Wildman–Crippen LogP) is 1.38. The van der Waals surface area contributed by atoms with Gasteiger partial charge in [0.25, 0.3) is 5.69 Å². The molecular formula is C8H6N2O6. The van der Waals surface area contributed by atoms with Gasteiger partial charge in [-0.05, 0) is 6.07 Å². The van der Waals surface area contributed by atoms with Gasteiger partial charge in [0.1, 0.15) is 5.69 Å². The molecular weight excluding hydrogens is 220 g/mol. The molecule has 0 radical (unpaired) electrons. The van der Waals surface area contributed by atoms with Crippen molar-refractivity contribution >= 4 is 23.4 Å². The van der Waals surface area contributed by atoms with Gasteiger partial charge in [-0.25, -0.2) is 9.59 Å². The number of benzene rings is 1. The Morgan fingerprint density at radius 1 is 1.31 bits per heavy atom. The fourth-order valence-corrected chi connectivity index (χ4v) is 1.11. The van der Waals surface area contributed by atoms with Gasteiger partial charge in [-0.2, -0.15) is 0 Å². The number of hydrogen-bond donors (Lipinski definition) is 3. The molecule has 8 nitrogen and oxygen atoms in total. The van der Waals surface area contributed by atoms with E-state index in [0.717, 1.165) is 18.2 Å². The minimum atomic E-state index is -1.57. The summed E-state index contributed by atoms with van der Waals surface area (Å²) in [5.74, 6) is -1.45. The lowest BCUT2D eigenvalue weighted by atomic mass is 10.1. The van der Waals surface area contributed by atoms with Crippen molar-refractivity contribution in [3.05, 3.63) is 33.9 Å². The van der Waals surface area contributed by atoms with Crippen molar-refractivity contribution in [2.24, 2.45) is 0 Å². The van der Waals surface area contributed by atoms with E-state index in [1.54, 1.807) is 5.32 Å². The van der Waals surface area contributed by atoms with E-state index in [1.165, 1.54) is 0 Å². The number of carboxylic acids is 1. The summed E-state index contributed by atoms with van der Waals surface area (Å²) >= 11 is 0. The zero-order valence-corrected chi connectivity index (χ0v) is 7.71. The van der Waals surface area contributed by atoms with E-state index in [1.807, 2.05) is 0 Å². The largest absolute Gasteiger partial charge is 0.478 e. The Kier molecular flexibility index (Phi) is 3.04. The van der Waals surface area contributed by atoms with E-state index in [4.69, 9.17) is 10.2 Å². The molecule has 84 valence electrons. The fourth-order valence-electron chi connectivity index (χ4n) is 1.11. The SMILES string of the molecule is O=C(O)Nc1c(C(=O)O)cccc1[N+](=O)[O-]. The van der Waals surface area contributed by atoms with Crippen LogP contribution < -0.4 is 5.32 Å². The molecule has 0 bridgehead atoms. The number of nitro groups is 1. The molecule has 0 aliphatic carbocycles. The highest BCUT2D eigenvalue weighted by atomic mass is 16.6. The maximum absolute atomic E-state index is 10.7. The second-order valence-electron chi connectivity index (χ2n) is 2.69. The lowest BCUT2D eigenvalue weighted by Gasteiger charge is -2.05. The molecule has 1 amide bonds. The van der Waals surface area contributed by atoms with Gasteiger partial charge >= 0.3 is 12.1 Å². The Morgan fingerprint density at radius 2 is 1.94 bits per heavy atom. The molecule has 8 heteroatoms. The second-order valence-corrected chi connectivity index (χ2v) is 2.69. The topological polar surface area (TPSA) is 130 Å². The van der Waals surface area contributed by atoms with Crippen LogP contribution in [-0.2, 0) is 0 Å². The zero-order chi connectivity index (χ0) is 12.3. The van der Waals surface area contributed by atoms with Crippen LogP contribution in [0.3, 0.4) is 0 Å². The molecule has 3 N–H and O–H groups in total. The maximum Gasteiger partial charge on any atom is 0.409 e. The monoisotopic (exact) mass is 226 g/mol. The first kappa shape index (κ1) is 11.4. The Balaban J connectivity index is 3.40. The van der Waals surface area contributed by atoms with Crippen molar-refractivity contribution in [3.8, 4) is 0 Å².